The summed E-state index contributed by atoms with van der Waals surface area (Å²) in [5.41, 5.74) is 1.16. The van der Waals surface area contributed by atoms with E-state index in [1.165, 1.54) is 18.2 Å². The van der Waals surface area contributed by atoms with E-state index in [9.17, 15) is 14.9 Å². The molecule has 6 heteroatoms. The van der Waals surface area contributed by atoms with E-state index in [1.807, 2.05) is 25.1 Å². The molecule has 0 heterocycles. The molecule has 2 aromatic carbocycles. The third-order valence-corrected chi connectivity index (χ3v) is 2.55. The van der Waals surface area contributed by atoms with Gasteiger partial charge in [-0.25, -0.2) is 0 Å². The van der Waals surface area contributed by atoms with Crippen LogP contribution in [0.4, 0.5) is 11.4 Å². The smallest absolute Gasteiger partial charge is 0.275 e. The molecule has 1 amide bonds. The molecule has 0 saturated carbocycles. The third kappa shape index (κ3) is 3.32. The molecule has 2 rings (SSSR count). The van der Waals surface area contributed by atoms with E-state index >= 15 is 0 Å². The van der Waals surface area contributed by atoms with E-state index in [0.717, 1.165) is 5.56 Å². The third-order valence-electron chi connectivity index (χ3n) is 2.55. The van der Waals surface area contributed by atoms with Gasteiger partial charge in [0, 0.05) is 12.1 Å². The van der Waals surface area contributed by atoms with Crippen molar-refractivity contribution in [1.82, 2.24) is 0 Å². The summed E-state index contributed by atoms with van der Waals surface area (Å²) >= 11 is 0. The standard InChI is InChI=1S/C14H12N2O4/c1-10-3-2-4-13(5-10)20-14-7-11(15-9-17)6-12(8-14)16(18)19/h2-9H,1H3,(H,15,17). The molecule has 6 nitrogen and oxygen atoms in total. The monoisotopic (exact) mass is 272 g/mol. The van der Waals surface area contributed by atoms with Crippen LogP contribution in [0.2, 0.25) is 0 Å². The minimum absolute atomic E-state index is 0.153. The number of carbonyl (C=O) groups is 1. The number of non-ortho nitro benzene ring substituents is 1. The molecule has 0 fully saturated rings. The van der Waals surface area contributed by atoms with Gasteiger partial charge in [0.15, 0.2) is 0 Å². The van der Waals surface area contributed by atoms with Crippen LogP contribution in [0, 0.1) is 17.0 Å². The average molecular weight is 272 g/mol. The second-order valence-electron chi connectivity index (χ2n) is 4.15. The first-order chi connectivity index (χ1) is 9.58. The Hall–Kier alpha value is -2.89. The predicted octanol–water partition coefficient (Wildman–Crippen LogP) is 3.26. The van der Waals surface area contributed by atoms with E-state index in [0.29, 0.717) is 17.8 Å². The molecule has 20 heavy (non-hydrogen) atoms. The lowest BCUT2D eigenvalue weighted by molar-refractivity contribution is -0.384. The molecule has 0 aliphatic heterocycles. The largest absolute Gasteiger partial charge is 0.457 e. The van der Waals surface area contributed by atoms with Crippen LogP contribution in [0.5, 0.6) is 11.5 Å². The molecule has 0 spiro atoms. The number of nitrogens with one attached hydrogen (secondary N) is 1. The summed E-state index contributed by atoms with van der Waals surface area (Å²) in [6, 6.07) is 11.4. The lowest BCUT2D eigenvalue weighted by Gasteiger charge is -2.08. The molecule has 0 radical (unpaired) electrons. The number of benzene rings is 2. The second-order valence-corrected chi connectivity index (χ2v) is 4.15. The van der Waals surface area contributed by atoms with Crippen molar-refractivity contribution in [1.29, 1.82) is 0 Å². The molecule has 0 aliphatic rings. The zero-order valence-electron chi connectivity index (χ0n) is 10.7. The maximum absolute atomic E-state index is 10.9. The molecule has 2 aromatic rings. The Morgan fingerprint density at radius 2 is 2.00 bits per heavy atom. The number of ether oxygens (including phenoxy) is 1. The van der Waals surface area contributed by atoms with Crippen molar-refractivity contribution in [2.45, 2.75) is 6.92 Å². The van der Waals surface area contributed by atoms with E-state index in [4.69, 9.17) is 4.74 Å². The van der Waals surface area contributed by atoms with Crippen molar-refractivity contribution >= 4 is 17.8 Å². The highest BCUT2D eigenvalue weighted by Crippen LogP contribution is 2.29. The summed E-state index contributed by atoms with van der Waals surface area (Å²) in [4.78, 5) is 20.8. The van der Waals surface area contributed by atoms with Crippen LogP contribution < -0.4 is 10.1 Å². The van der Waals surface area contributed by atoms with Gasteiger partial charge < -0.3 is 10.1 Å². The summed E-state index contributed by atoms with van der Waals surface area (Å²) in [6.07, 6.45) is 0.454. The van der Waals surface area contributed by atoms with Crippen molar-refractivity contribution in [3.8, 4) is 11.5 Å². The Kier molecular flexibility index (Phi) is 3.95. The molecule has 0 bridgehead atoms. The number of carbonyl (C=O) groups excluding carboxylic acids is 1. The van der Waals surface area contributed by atoms with Gasteiger partial charge in [-0.15, -0.1) is 0 Å². The minimum Gasteiger partial charge on any atom is -0.457 e. The van der Waals surface area contributed by atoms with Crippen molar-refractivity contribution in [2.24, 2.45) is 0 Å². The molecule has 0 aromatic heterocycles. The Bertz CT molecular complexity index is 655. The van der Waals surface area contributed by atoms with Gasteiger partial charge in [-0.1, -0.05) is 12.1 Å². The molecule has 1 N–H and O–H groups in total. The van der Waals surface area contributed by atoms with Crippen molar-refractivity contribution < 1.29 is 14.5 Å². The van der Waals surface area contributed by atoms with Crippen LogP contribution >= 0.6 is 0 Å². The average Bonchev–Trinajstić information content (AvgIpc) is 2.38. The maximum atomic E-state index is 10.9. The molecule has 0 saturated heterocycles. The molecular weight excluding hydrogens is 260 g/mol. The Morgan fingerprint density at radius 1 is 1.20 bits per heavy atom. The van der Waals surface area contributed by atoms with Gasteiger partial charge >= 0.3 is 0 Å². The fourth-order valence-electron chi connectivity index (χ4n) is 1.71. The number of hydrogen-bond acceptors (Lipinski definition) is 4. The number of amides is 1. The zero-order valence-corrected chi connectivity index (χ0v) is 10.7. The number of hydrogen-bond donors (Lipinski definition) is 1. The summed E-state index contributed by atoms with van der Waals surface area (Å²) < 4.78 is 5.58. The number of aryl methyl sites for hydroxylation is 1. The highest BCUT2D eigenvalue weighted by atomic mass is 16.6. The Morgan fingerprint density at radius 3 is 2.65 bits per heavy atom. The lowest BCUT2D eigenvalue weighted by Crippen LogP contribution is -1.97. The lowest BCUT2D eigenvalue weighted by atomic mass is 10.2. The van der Waals surface area contributed by atoms with Crippen LogP contribution in [0.25, 0.3) is 0 Å². The summed E-state index contributed by atoms with van der Waals surface area (Å²) in [6.45, 7) is 1.92. The summed E-state index contributed by atoms with van der Waals surface area (Å²) in [5.74, 6) is 0.858. The zero-order chi connectivity index (χ0) is 14.5. The molecular formula is C14H12N2O4. The number of nitro groups is 1. The molecule has 0 atom stereocenters. The molecule has 0 unspecified atom stereocenters. The number of nitro benzene ring substituents is 1. The Balaban J connectivity index is 2.34. The van der Waals surface area contributed by atoms with Crippen LogP contribution in [0.1, 0.15) is 5.56 Å². The van der Waals surface area contributed by atoms with Gasteiger partial charge in [-0.3, -0.25) is 14.9 Å². The van der Waals surface area contributed by atoms with Gasteiger partial charge in [0.2, 0.25) is 6.41 Å². The fraction of sp³-hybridized carbons (Fsp3) is 0.0714. The van der Waals surface area contributed by atoms with Gasteiger partial charge in [-0.05, 0) is 24.6 Å². The van der Waals surface area contributed by atoms with Crippen LogP contribution in [-0.4, -0.2) is 11.3 Å². The van der Waals surface area contributed by atoms with Gasteiger partial charge in [0.05, 0.1) is 16.7 Å². The first kappa shape index (κ1) is 13.5. The van der Waals surface area contributed by atoms with E-state index in [2.05, 4.69) is 5.32 Å². The highest BCUT2D eigenvalue weighted by Gasteiger charge is 2.11. The van der Waals surface area contributed by atoms with E-state index in [-0.39, 0.29) is 11.4 Å². The normalized spacial score (nSPS) is 9.85. The maximum Gasteiger partial charge on any atom is 0.275 e. The first-order valence-corrected chi connectivity index (χ1v) is 5.82. The van der Waals surface area contributed by atoms with Crippen molar-refractivity contribution in [3.05, 3.63) is 58.1 Å². The van der Waals surface area contributed by atoms with Crippen LogP contribution in [-0.2, 0) is 4.79 Å². The van der Waals surface area contributed by atoms with Crippen molar-refractivity contribution in [3.63, 3.8) is 0 Å². The number of anilines is 1. The second kappa shape index (κ2) is 5.83. The quantitative estimate of drug-likeness (QED) is 0.514. The van der Waals surface area contributed by atoms with E-state index < -0.39 is 4.92 Å². The van der Waals surface area contributed by atoms with Crippen LogP contribution in [0.15, 0.2) is 42.5 Å². The number of nitrogens with zero attached hydrogens (tertiary/aromatic N) is 1. The highest BCUT2D eigenvalue weighted by molar-refractivity contribution is 5.73. The van der Waals surface area contributed by atoms with Crippen LogP contribution in [0.3, 0.4) is 0 Å². The van der Waals surface area contributed by atoms with Crippen molar-refractivity contribution in [2.75, 3.05) is 5.32 Å². The van der Waals surface area contributed by atoms with Gasteiger partial charge in [0.25, 0.3) is 5.69 Å². The van der Waals surface area contributed by atoms with Gasteiger partial charge in [0.1, 0.15) is 11.5 Å². The summed E-state index contributed by atoms with van der Waals surface area (Å²) in [7, 11) is 0. The van der Waals surface area contributed by atoms with Gasteiger partial charge in [-0.2, -0.15) is 0 Å². The fourth-order valence-corrected chi connectivity index (χ4v) is 1.71. The molecule has 0 aliphatic carbocycles. The minimum atomic E-state index is -0.543. The summed E-state index contributed by atoms with van der Waals surface area (Å²) in [5, 5.41) is 13.2. The molecule has 102 valence electrons. The predicted molar refractivity (Wildman–Crippen MR) is 74.0 cm³/mol. The SMILES string of the molecule is Cc1cccc(Oc2cc(NC=O)cc([N+](=O)[O-])c2)c1. The Labute approximate surface area is 115 Å². The topological polar surface area (TPSA) is 81.5 Å². The first-order valence-electron chi connectivity index (χ1n) is 5.82. The number of rotatable bonds is 5. The van der Waals surface area contributed by atoms with E-state index in [1.54, 1.807) is 6.07 Å².